The molecule has 0 radical (unpaired) electrons. The third-order valence-electron chi connectivity index (χ3n) is 6.70. The van der Waals surface area contributed by atoms with E-state index in [1.165, 1.54) is 4.90 Å². The second kappa shape index (κ2) is 8.59. The number of fused-ring (bicyclic) bond motifs is 1. The molecule has 1 aromatic carbocycles. The predicted octanol–water partition coefficient (Wildman–Crippen LogP) is 3.71. The molecular weight excluding hydrogens is 423 g/mol. The number of pyridine rings is 1. The third kappa shape index (κ3) is 3.88. The standard InChI is InChI=1S/C25H27FN4O3/c1-3-29-10-9-20(28-29)19-8-7-16(13-27-19)11-17-12-18-24(23(26)15(17)2)33-14-30(25(18)32)21-5-4-6-22(21)31/h7-10,12-13,21-22,31H,3-6,11,14H2,1-2H3/t21-,22-/m0/s1. The number of aliphatic hydroxyl groups excluding tert-OH is 1. The summed E-state index contributed by atoms with van der Waals surface area (Å²) < 4.78 is 22.7. The van der Waals surface area contributed by atoms with Gasteiger partial charge in [-0.25, -0.2) is 4.39 Å². The maximum atomic E-state index is 15.2. The molecule has 3 aromatic rings. The Morgan fingerprint density at radius 1 is 1.24 bits per heavy atom. The summed E-state index contributed by atoms with van der Waals surface area (Å²) in [5.41, 5.74) is 3.87. The number of amides is 1. The Balaban J connectivity index is 1.41. The fourth-order valence-corrected chi connectivity index (χ4v) is 4.71. The topological polar surface area (TPSA) is 80.5 Å². The minimum atomic E-state index is -0.567. The first-order valence-electron chi connectivity index (χ1n) is 11.4. The van der Waals surface area contributed by atoms with Crippen molar-refractivity contribution in [3.05, 3.63) is 64.7 Å². The number of halogens is 1. The Morgan fingerprint density at radius 2 is 2.09 bits per heavy atom. The maximum Gasteiger partial charge on any atom is 0.260 e. The van der Waals surface area contributed by atoms with Crippen LogP contribution in [0.2, 0.25) is 0 Å². The summed E-state index contributed by atoms with van der Waals surface area (Å²) in [6.07, 6.45) is 5.79. The van der Waals surface area contributed by atoms with E-state index in [1.807, 2.05) is 36.0 Å². The van der Waals surface area contributed by atoms with Crippen LogP contribution < -0.4 is 4.74 Å². The number of hydrogen-bond acceptors (Lipinski definition) is 5. The van der Waals surface area contributed by atoms with Crippen molar-refractivity contribution in [3.8, 4) is 17.1 Å². The van der Waals surface area contributed by atoms with E-state index in [2.05, 4.69) is 10.1 Å². The van der Waals surface area contributed by atoms with Gasteiger partial charge in [0.15, 0.2) is 18.3 Å². The highest BCUT2D eigenvalue weighted by atomic mass is 19.1. The zero-order valence-electron chi connectivity index (χ0n) is 18.8. The molecule has 5 rings (SSSR count). The molecule has 2 aliphatic rings. The zero-order valence-corrected chi connectivity index (χ0v) is 18.8. The zero-order chi connectivity index (χ0) is 23.1. The molecule has 3 heterocycles. The lowest BCUT2D eigenvalue weighted by molar-refractivity contribution is 0.0115. The molecule has 0 saturated heterocycles. The van der Waals surface area contributed by atoms with Crippen LogP contribution >= 0.6 is 0 Å². The average molecular weight is 451 g/mol. The van der Waals surface area contributed by atoms with Gasteiger partial charge in [-0.2, -0.15) is 5.10 Å². The number of aromatic nitrogens is 3. The average Bonchev–Trinajstić information content (AvgIpc) is 3.47. The number of carbonyl (C=O) groups excluding carboxylic acids is 1. The van der Waals surface area contributed by atoms with Crippen molar-refractivity contribution in [3.63, 3.8) is 0 Å². The van der Waals surface area contributed by atoms with E-state index in [0.717, 1.165) is 36.3 Å². The molecule has 0 spiro atoms. The van der Waals surface area contributed by atoms with Crippen LogP contribution in [0.5, 0.6) is 5.75 Å². The van der Waals surface area contributed by atoms with Gasteiger partial charge in [0.05, 0.1) is 23.4 Å². The number of rotatable bonds is 5. The summed E-state index contributed by atoms with van der Waals surface area (Å²) >= 11 is 0. The predicted molar refractivity (Wildman–Crippen MR) is 120 cm³/mol. The fourth-order valence-electron chi connectivity index (χ4n) is 4.71. The van der Waals surface area contributed by atoms with Gasteiger partial charge in [-0.05, 0) is 74.4 Å². The van der Waals surface area contributed by atoms with Gasteiger partial charge in [0.25, 0.3) is 5.91 Å². The number of ether oxygens (including phenoxy) is 1. The van der Waals surface area contributed by atoms with Crippen LogP contribution in [0.3, 0.4) is 0 Å². The third-order valence-corrected chi connectivity index (χ3v) is 6.70. The van der Waals surface area contributed by atoms with E-state index in [4.69, 9.17) is 4.74 Å². The molecule has 33 heavy (non-hydrogen) atoms. The fraction of sp³-hybridized carbons (Fsp3) is 0.400. The van der Waals surface area contributed by atoms with Gasteiger partial charge >= 0.3 is 0 Å². The molecule has 1 aliphatic heterocycles. The van der Waals surface area contributed by atoms with Crippen molar-refractivity contribution in [1.82, 2.24) is 19.7 Å². The van der Waals surface area contributed by atoms with Gasteiger partial charge in [-0.3, -0.25) is 19.4 Å². The molecule has 2 atom stereocenters. The first-order valence-corrected chi connectivity index (χ1v) is 11.4. The van der Waals surface area contributed by atoms with Crippen molar-refractivity contribution >= 4 is 5.91 Å². The van der Waals surface area contributed by atoms with E-state index in [1.54, 1.807) is 19.2 Å². The summed E-state index contributed by atoms with van der Waals surface area (Å²) in [5, 5.41) is 14.7. The van der Waals surface area contributed by atoms with Crippen molar-refractivity contribution in [2.45, 2.75) is 58.2 Å². The second-order valence-corrected chi connectivity index (χ2v) is 8.75. The lowest BCUT2D eigenvalue weighted by Gasteiger charge is -2.35. The summed E-state index contributed by atoms with van der Waals surface area (Å²) in [5.74, 6) is -0.788. The van der Waals surface area contributed by atoms with Crippen LogP contribution in [-0.2, 0) is 13.0 Å². The highest BCUT2D eigenvalue weighted by molar-refractivity contribution is 5.98. The van der Waals surface area contributed by atoms with E-state index < -0.39 is 11.9 Å². The number of aliphatic hydroxyl groups is 1. The SMILES string of the molecule is CCn1ccc(-c2ccc(Cc3cc4c(c(F)c3C)OCN([C@H]3CCC[C@@H]3O)C4=O)cn2)n1. The smallest absolute Gasteiger partial charge is 0.260 e. The van der Waals surface area contributed by atoms with Crippen LogP contribution in [0.15, 0.2) is 36.7 Å². The molecule has 1 N–H and O–H groups in total. The first kappa shape index (κ1) is 21.6. The van der Waals surface area contributed by atoms with Crippen LogP contribution in [0.4, 0.5) is 4.39 Å². The van der Waals surface area contributed by atoms with Crippen LogP contribution in [-0.4, -0.2) is 49.6 Å². The number of hydrogen-bond donors (Lipinski definition) is 1. The molecule has 2 aromatic heterocycles. The molecule has 1 aliphatic carbocycles. The van der Waals surface area contributed by atoms with Gasteiger partial charge in [-0.1, -0.05) is 6.07 Å². The number of carbonyl (C=O) groups is 1. The van der Waals surface area contributed by atoms with Crippen molar-refractivity contribution in [2.24, 2.45) is 0 Å². The Kier molecular flexibility index (Phi) is 5.62. The Labute approximate surface area is 191 Å². The van der Waals surface area contributed by atoms with E-state index in [9.17, 15) is 9.90 Å². The molecule has 172 valence electrons. The van der Waals surface area contributed by atoms with Gasteiger partial charge in [0, 0.05) is 18.9 Å². The van der Waals surface area contributed by atoms with Gasteiger partial charge in [-0.15, -0.1) is 0 Å². The highest BCUT2D eigenvalue weighted by Crippen LogP contribution is 2.36. The van der Waals surface area contributed by atoms with Crippen LogP contribution in [0.25, 0.3) is 11.4 Å². The summed E-state index contributed by atoms with van der Waals surface area (Å²) in [7, 11) is 0. The molecule has 7 nitrogen and oxygen atoms in total. The molecule has 1 fully saturated rings. The van der Waals surface area contributed by atoms with E-state index >= 15 is 4.39 Å². The number of nitrogens with zero attached hydrogens (tertiary/aromatic N) is 4. The molecule has 1 amide bonds. The van der Waals surface area contributed by atoms with E-state index in [0.29, 0.717) is 24.0 Å². The number of aryl methyl sites for hydroxylation is 1. The summed E-state index contributed by atoms with van der Waals surface area (Å²) in [6.45, 7) is 4.48. The van der Waals surface area contributed by atoms with Crippen molar-refractivity contribution in [2.75, 3.05) is 6.73 Å². The first-order chi connectivity index (χ1) is 16.0. The molecule has 1 saturated carbocycles. The molecule has 8 heteroatoms. The van der Waals surface area contributed by atoms with Gasteiger partial charge < -0.3 is 9.84 Å². The van der Waals surface area contributed by atoms with Crippen molar-refractivity contribution < 1.29 is 19.0 Å². The van der Waals surface area contributed by atoms with Crippen LogP contribution in [0.1, 0.15) is 53.2 Å². The quantitative estimate of drug-likeness (QED) is 0.641. The highest BCUT2D eigenvalue weighted by Gasteiger charge is 2.39. The minimum absolute atomic E-state index is 0.00460. The normalized spacial score (nSPS) is 20.1. The largest absolute Gasteiger partial charge is 0.469 e. The second-order valence-electron chi connectivity index (χ2n) is 8.75. The maximum absolute atomic E-state index is 15.2. The van der Waals surface area contributed by atoms with Gasteiger partial charge in [0.1, 0.15) is 5.69 Å². The minimum Gasteiger partial charge on any atom is -0.469 e. The van der Waals surface area contributed by atoms with Crippen molar-refractivity contribution in [1.29, 1.82) is 0 Å². The summed E-state index contributed by atoms with van der Waals surface area (Å²) in [6, 6.07) is 7.21. The Morgan fingerprint density at radius 3 is 2.76 bits per heavy atom. The Hall–Kier alpha value is -3.26. The van der Waals surface area contributed by atoms with Crippen LogP contribution in [0, 0.1) is 12.7 Å². The molecule has 0 unspecified atom stereocenters. The lowest BCUT2D eigenvalue weighted by atomic mass is 9.96. The number of benzene rings is 1. The Bertz CT molecular complexity index is 1190. The molecular formula is C25H27FN4O3. The lowest BCUT2D eigenvalue weighted by Crippen LogP contribution is -2.48. The molecule has 0 bridgehead atoms. The summed E-state index contributed by atoms with van der Waals surface area (Å²) in [4.78, 5) is 19.2. The van der Waals surface area contributed by atoms with Gasteiger partial charge in [0.2, 0.25) is 0 Å². The van der Waals surface area contributed by atoms with E-state index in [-0.39, 0.29) is 30.0 Å². The monoisotopic (exact) mass is 450 g/mol.